The van der Waals surface area contributed by atoms with E-state index in [1.54, 1.807) is 0 Å². The molecule has 12 heteroatoms. The van der Waals surface area contributed by atoms with Crippen molar-refractivity contribution < 1.29 is 54.5 Å². The van der Waals surface area contributed by atoms with Gasteiger partial charge in [0.05, 0.1) is 18.8 Å². The third-order valence-corrected chi connectivity index (χ3v) is 4.03. The second-order valence-electron chi connectivity index (χ2n) is 7.54. The molecule has 0 radical (unpaired) electrons. The molecule has 162 valence electrons. The lowest BCUT2D eigenvalue weighted by atomic mass is 9.87. The first-order chi connectivity index (χ1) is 12.6. The van der Waals surface area contributed by atoms with Crippen LogP contribution in [0.2, 0.25) is 0 Å². The molecule has 0 aromatic heterocycles. The fraction of sp³-hybridized carbons (Fsp3) is 0.812. The number of hydrogen-bond donors (Lipinski definition) is 6. The van der Waals surface area contributed by atoms with Crippen LogP contribution in [0.4, 0.5) is 4.79 Å². The summed E-state index contributed by atoms with van der Waals surface area (Å²) < 4.78 is 10.1. The van der Waals surface area contributed by atoms with Crippen LogP contribution in [0, 0.1) is 0 Å². The molecule has 6 atom stereocenters. The van der Waals surface area contributed by atoms with Crippen LogP contribution in [0.25, 0.3) is 0 Å². The Morgan fingerprint density at radius 3 is 2.21 bits per heavy atom. The minimum absolute atomic E-state index is 0.412. The van der Waals surface area contributed by atoms with E-state index in [2.05, 4.69) is 0 Å². The molecule has 0 aromatic rings. The van der Waals surface area contributed by atoms with Crippen molar-refractivity contribution in [3.05, 3.63) is 0 Å². The van der Waals surface area contributed by atoms with E-state index in [4.69, 9.17) is 19.7 Å². The van der Waals surface area contributed by atoms with E-state index in [0.717, 1.165) is 6.92 Å². The number of carbonyl (C=O) groups is 3. The zero-order valence-electron chi connectivity index (χ0n) is 16.0. The SMILES string of the molecule is CC(=O)N(C(=O)OC(C)(C)C)[C@@H]1[C@@H](O)CC(O)(C(=O)O)O[C@H]1C(O)C(O)CO. The van der Waals surface area contributed by atoms with Gasteiger partial charge in [-0.25, -0.2) is 14.5 Å². The van der Waals surface area contributed by atoms with Crippen LogP contribution in [0.3, 0.4) is 0 Å². The molecule has 1 aliphatic rings. The van der Waals surface area contributed by atoms with Gasteiger partial charge in [-0.2, -0.15) is 0 Å². The minimum atomic E-state index is -2.97. The third kappa shape index (κ3) is 5.37. The fourth-order valence-corrected chi connectivity index (χ4v) is 2.79. The van der Waals surface area contributed by atoms with Gasteiger partial charge in [-0.1, -0.05) is 0 Å². The summed E-state index contributed by atoms with van der Waals surface area (Å²) in [6.07, 6.45) is -9.94. The molecule has 0 spiro atoms. The van der Waals surface area contributed by atoms with Crippen molar-refractivity contribution in [2.45, 2.75) is 76.0 Å². The maximum Gasteiger partial charge on any atom is 0.417 e. The van der Waals surface area contributed by atoms with Crippen molar-refractivity contribution in [1.29, 1.82) is 0 Å². The van der Waals surface area contributed by atoms with Crippen LogP contribution in [0.1, 0.15) is 34.1 Å². The quantitative estimate of drug-likeness (QED) is 0.288. The lowest BCUT2D eigenvalue weighted by Gasteiger charge is -2.47. The molecule has 1 aliphatic heterocycles. The van der Waals surface area contributed by atoms with Crippen molar-refractivity contribution in [3.8, 4) is 0 Å². The molecule has 0 aliphatic carbocycles. The number of carboxylic acid groups (broad SMARTS) is 1. The number of hydrogen-bond acceptors (Lipinski definition) is 10. The first kappa shape index (κ1) is 24.2. The van der Waals surface area contributed by atoms with Gasteiger partial charge >= 0.3 is 12.1 Å². The summed E-state index contributed by atoms with van der Waals surface area (Å²) >= 11 is 0. The van der Waals surface area contributed by atoms with E-state index < -0.39 is 72.8 Å². The molecule has 1 heterocycles. The van der Waals surface area contributed by atoms with Gasteiger partial charge in [-0.3, -0.25) is 4.79 Å². The van der Waals surface area contributed by atoms with Crippen molar-refractivity contribution >= 4 is 18.0 Å². The fourth-order valence-electron chi connectivity index (χ4n) is 2.79. The van der Waals surface area contributed by atoms with Gasteiger partial charge in [-0.05, 0) is 20.8 Å². The number of amides is 2. The molecule has 28 heavy (non-hydrogen) atoms. The monoisotopic (exact) mass is 409 g/mol. The maximum absolute atomic E-state index is 12.5. The Morgan fingerprint density at radius 1 is 1.29 bits per heavy atom. The van der Waals surface area contributed by atoms with Gasteiger partial charge < -0.3 is 40.1 Å². The number of carbonyl (C=O) groups excluding carboxylic acids is 2. The zero-order chi connectivity index (χ0) is 22.0. The molecule has 6 N–H and O–H groups in total. The zero-order valence-corrected chi connectivity index (χ0v) is 16.0. The van der Waals surface area contributed by atoms with Gasteiger partial charge in [0.1, 0.15) is 23.9 Å². The predicted octanol–water partition coefficient (Wildman–Crippen LogP) is -2.22. The van der Waals surface area contributed by atoms with Crippen molar-refractivity contribution in [1.82, 2.24) is 4.90 Å². The van der Waals surface area contributed by atoms with Gasteiger partial charge in [-0.15, -0.1) is 0 Å². The second kappa shape index (κ2) is 8.68. The van der Waals surface area contributed by atoms with Crippen LogP contribution in [-0.4, -0.2) is 102 Å². The Labute approximate surface area is 160 Å². The molecule has 0 saturated carbocycles. The molecular weight excluding hydrogens is 382 g/mol. The van der Waals surface area contributed by atoms with Gasteiger partial charge in [0.2, 0.25) is 5.91 Å². The first-order valence-electron chi connectivity index (χ1n) is 8.46. The topological polar surface area (TPSA) is 194 Å². The number of aliphatic hydroxyl groups excluding tert-OH is 4. The molecule has 1 fully saturated rings. The average Bonchev–Trinajstić information content (AvgIpc) is 2.53. The summed E-state index contributed by atoms with van der Waals surface area (Å²) in [7, 11) is 0. The Hall–Kier alpha value is -1.83. The molecule has 1 saturated heterocycles. The van der Waals surface area contributed by atoms with Gasteiger partial charge in [0.25, 0.3) is 5.79 Å². The lowest BCUT2D eigenvalue weighted by Crippen LogP contribution is -2.69. The first-order valence-corrected chi connectivity index (χ1v) is 8.46. The van der Waals surface area contributed by atoms with E-state index in [1.807, 2.05) is 0 Å². The highest BCUT2D eigenvalue weighted by atomic mass is 16.7. The van der Waals surface area contributed by atoms with Gasteiger partial charge in [0, 0.05) is 13.3 Å². The number of ether oxygens (including phenoxy) is 2. The maximum atomic E-state index is 12.5. The highest BCUT2D eigenvalue weighted by Crippen LogP contribution is 2.34. The standard InChI is InChI=1S/C16H27NO11/c1-7(19)17(14(25)28-15(2,3)4)10-8(20)5-16(26,13(23)24)27-12(10)11(22)9(21)6-18/h8-12,18,20-22,26H,5-6H2,1-4H3,(H,23,24)/t8-,9?,10+,11?,12+,16?/m0/s1. The summed E-state index contributed by atoms with van der Waals surface area (Å²) in [5.74, 6) is -5.79. The van der Waals surface area contributed by atoms with E-state index in [9.17, 15) is 34.8 Å². The smallest absolute Gasteiger partial charge is 0.417 e. The summed E-state index contributed by atoms with van der Waals surface area (Å²) in [5, 5.41) is 58.7. The average molecular weight is 409 g/mol. The number of aliphatic hydroxyl groups is 5. The largest absolute Gasteiger partial charge is 0.477 e. The van der Waals surface area contributed by atoms with E-state index >= 15 is 0 Å². The van der Waals surface area contributed by atoms with Crippen molar-refractivity contribution in [3.63, 3.8) is 0 Å². The Morgan fingerprint density at radius 2 is 1.82 bits per heavy atom. The van der Waals surface area contributed by atoms with Crippen molar-refractivity contribution in [2.24, 2.45) is 0 Å². The Bertz CT molecular complexity index is 604. The second-order valence-corrected chi connectivity index (χ2v) is 7.54. The number of imide groups is 1. The number of nitrogens with zero attached hydrogens (tertiary/aromatic N) is 1. The Kier molecular flexibility index (Phi) is 7.50. The highest BCUT2D eigenvalue weighted by molar-refractivity contribution is 5.91. The highest BCUT2D eigenvalue weighted by Gasteiger charge is 2.57. The summed E-state index contributed by atoms with van der Waals surface area (Å²) in [6.45, 7) is 4.52. The Balaban J connectivity index is 3.40. The van der Waals surface area contributed by atoms with Crippen molar-refractivity contribution in [2.75, 3.05) is 6.61 Å². The van der Waals surface area contributed by atoms with Crippen LogP contribution in [0.15, 0.2) is 0 Å². The molecule has 2 amide bonds. The lowest BCUT2D eigenvalue weighted by molar-refractivity contribution is -0.301. The molecule has 0 bridgehead atoms. The van der Waals surface area contributed by atoms with Crippen LogP contribution in [-0.2, 0) is 19.1 Å². The molecule has 1 rings (SSSR count). The van der Waals surface area contributed by atoms with E-state index in [0.29, 0.717) is 4.90 Å². The normalized spacial score (nSPS) is 30.2. The number of carboxylic acids is 1. The minimum Gasteiger partial charge on any atom is -0.477 e. The molecular formula is C16H27NO11. The molecule has 12 nitrogen and oxygen atoms in total. The molecule has 3 unspecified atom stereocenters. The summed E-state index contributed by atoms with van der Waals surface area (Å²) in [6, 6.07) is -1.72. The van der Waals surface area contributed by atoms with Gasteiger partial charge in [0.15, 0.2) is 0 Å². The van der Waals surface area contributed by atoms with E-state index in [-0.39, 0.29) is 0 Å². The number of aliphatic carboxylic acids is 1. The van der Waals surface area contributed by atoms with E-state index in [1.165, 1.54) is 20.8 Å². The van der Waals surface area contributed by atoms with Crippen LogP contribution >= 0.6 is 0 Å². The van der Waals surface area contributed by atoms with Crippen LogP contribution in [0.5, 0.6) is 0 Å². The van der Waals surface area contributed by atoms with Crippen LogP contribution < -0.4 is 0 Å². The third-order valence-electron chi connectivity index (χ3n) is 4.03. The molecule has 0 aromatic carbocycles. The summed E-state index contributed by atoms with van der Waals surface area (Å²) in [5.41, 5.74) is -1.04. The summed E-state index contributed by atoms with van der Waals surface area (Å²) in [4.78, 5) is 36.3. The number of rotatable bonds is 5. The predicted molar refractivity (Wildman–Crippen MR) is 89.7 cm³/mol.